The van der Waals surface area contributed by atoms with Crippen LogP contribution in [0.3, 0.4) is 0 Å². The van der Waals surface area contributed by atoms with Gasteiger partial charge in [-0.05, 0) is 0 Å². The van der Waals surface area contributed by atoms with Gasteiger partial charge in [-0.1, -0.05) is 12.6 Å². The minimum atomic E-state index is -5.25. The molecule has 0 unspecified atom stereocenters. The second kappa shape index (κ2) is 13.5. The summed E-state index contributed by atoms with van der Waals surface area (Å²) in [4.78, 5) is 0. The fourth-order valence-electron chi connectivity index (χ4n) is 0. The van der Waals surface area contributed by atoms with E-state index >= 15 is 0 Å². The van der Waals surface area contributed by atoms with Crippen molar-refractivity contribution in [2.45, 2.75) is 0 Å². The van der Waals surface area contributed by atoms with Gasteiger partial charge in [0.25, 0.3) is 0 Å². The molecule has 0 saturated heterocycles. The van der Waals surface area contributed by atoms with Gasteiger partial charge in [0.1, 0.15) is 5.40 Å². The van der Waals surface area contributed by atoms with E-state index in [2.05, 4.69) is 12.6 Å². The van der Waals surface area contributed by atoms with Crippen molar-refractivity contribution in [3.8, 4) is 5.40 Å². The van der Waals surface area contributed by atoms with Crippen LogP contribution in [0.4, 0.5) is 0 Å². The minimum absolute atomic E-state index is 0. The van der Waals surface area contributed by atoms with Crippen molar-refractivity contribution >= 4 is 85.1 Å². The van der Waals surface area contributed by atoms with Crippen LogP contribution in [-0.4, -0.2) is 80.9 Å². The molecule has 9 heteroatoms. The molecular weight excluding hydrogens is 247 g/mol. The molecule has 0 atom stereocenters. The molecule has 0 aliphatic heterocycles. The second-order valence-corrected chi connectivity index (χ2v) is 2.63. The second-order valence-electron chi connectivity index (χ2n) is 0.548. The molecule has 0 amide bonds. The molecule has 0 aliphatic carbocycles. The van der Waals surface area contributed by atoms with E-state index in [0.29, 0.717) is 0 Å². The van der Waals surface area contributed by atoms with Crippen LogP contribution in [0.25, 0.3) is 0 Å². The van der Waals surface area contributed by atoms with Crippen LogP contribution in [0.1, 0.15) is 0 Å². The van der Waals surface area contributed by atoms with Crippen LogP contribution in [0, 0.1) is 10.7 Å². The number of hydrogen-bond acceptors (Lipinski definition) is 4. The van der Waals surface area contributed by atoms with Crippen molar-refractivity contribution in [1.82, 2.24) is 0 Å². The monoisotopic (exact) mass is 253 g/mol. The Hall–Kier alpha value is 1.88. The molecule has 0 aromatic rings. The molecule has 0 rings (SSSR count). The van der Waals surface area contributed by atoms with Gasteiger partial charge in [0, 0.05) is 0 Å². The molecular formula is CH5NNa2O4SSe. The summed E-state index contributed by atoms with van der Waals surface area (Å²) in [6, 6.07) is 0. The van der Waals surface area contributed by atoms with Gasteiger partial charge in [-0.15, -0.1) is 0 Å². The third-order valence-electron chi connectivity index (χ3n) is 0. The SMILES string of the molecule is N#CS.O=[Se](=O)(O)O.[NaH].[NaH]. The third-order valence-corrected chi connectivity index (χ3v) is 0. The van der Waals surface area contributed by atoms with E-state index in [9.17, 15) is 0 Å². The van der Waals surface area contributed by atoms with E-state index in [1.165, 1.54) is 5.40 Å². The van der Waals surface area contributed by atoms with Crippen LogP contribution < -0.4 is 0 Å². The van der Waals surface area contributed by atoms with Gasteiger partial charge in [-0.3, -0.25) is 0 Å². The van der Waals surface area contributed by atoms with E-state index in [0.717, 1.165) is 0 Å². The molecule has 10 heavy (non-hydrogen) atoms. The standard InChI is InChI=1S/CHNS.2Na.H2O4Se.2H/c2-1-3;;;1-5(2,3)4;;/h3H;;;(H2,1,2,3,4);;. The predicted octanol–water partition coefficient (Wildman–Crippen LogP) is -2.63. The Kier molecular flexibility index (Phi) is 30.5. The van der Waals surface area contributed by atoms with E-state index < -0.39 is 13.4 Å². The summed E-state index contributed by atoms with van der Waals surface area (Å²) in [6.45, 7) is 0. The fourth-order valence-corrected chi connectivity index (χ4v) is 0. The predicted molar refractivity (Wildman–Crippen MR) is 40.5 cm³/mol. The molecule has 0 spiro atoms. The molecule has 0 aromatic carbocycles. The van der Waals surface area contributed by atoms with Crippen molar-refractivity contribution in [2.75, 3.05) is 0 Å². The quantitative estimate of drug-likeness (QED) is 0.249. The molecule has 52 valence electrons. The summed E-state index contributed by atoms with van der Waals surface area (Å²) < 4.78 is 31.9. The number of nitriles is 1. The summed E-state index contributed by atoms with van der Waals surface area (Å²) in [5.41, 5.74) is 0. The first kappa shape index (κ1) is 22.6. The Morgan fingerprint density at radius 3 is 1.30 bits per heavy atom. The first-order valence-corrected chi connectivity index (χ1v) is 4.52. The Balaban J connectivity index is -0.0000000326. The number of hydrogen-bond donors (Lipinski definition) is 3. The fraction of sp³-hybridized carbons (Fsp3) is 0. The number of rotatable bonds is 0. The van der Waals surface area contributed by atoms with E-state index in [1.807, 2.05) is 0 Å². The van der Waals surface area contributed by atoms with Crippen molar-refractivity contribution in [3.05, 3.63) is 0 Å². The molecule has 0 aromatic heterocycles. The molecule has 0 saturated carbocycles. The number of thiocyanates is 1. The summed E-state index contributed by atoms with van der Waals surface area (Å²) in [7, 11) is 0. The van der Waals surface area contributed by atoms with Crippen molar-refractivity contribution in [3.63, 3.8) is 0 Å². The van der Waals surface area contributed by atoms with Crippen molar-refractivity contribution in [2.24, 2.45) is 0 Å². The van der Waals surface area contributed by atoms with Crippen LogP contribution in [-0.2, 0) is 7.67 Å². The zero-order valence-corrected chi connectivity index (χ0v) is 6.12. The van der Waals surface area contributed by atoms with Crippen molar-refractivity contribution in [1.29, 1.82) is 5.26 Å². The van der Waals surface area contributed by atoms with Gasteiger partial charge >= 0.3 is 88.5 Å². The van der Waals surface area contributed by atoms with Crippen LogP contribution in [0.2, 0.25) is 0 Å². The van der Waals surface area contributed by atoms with Crippen molar-refractivity contribution < 1.29 is 16.0 Å². The Morgan fingerprint density at radius 1 is 1.30 bits per heavy atom. The number of thiol groups is 1. The zero-order chi connectivity index (χ0) is 7.21. The number of nitrogens with zero attached hydrogens (tertiary/aromatic N) is 1. The average Bonchev–Trinajstić information content (AvgIpc) is 1.27. The summed E-state index contributed by atoms with van der Waals surface area (Å²) in [5.74, 6) is 0. The summed E-state index contributed by atoms with van der Waals surface area (Å²) >= 11 is -2.16. The molecule has 0 fully saturated rings. The maximum absolute atomic E-state index is 8.82. The van der Waals surface area contributed by atoms with Crippen LogP contribution in [0.15, 0.2) is 0 Å². The van der Waals surface area contributed by atoms with Gasteiger partial charge in [0.15, 0.2) is 0 Å². The molecule has 0 aliphatic rings. The molecule has 5 nitrogen and oxygen atoms in total. The average molecular weight is 252 g/mol. The normalized spacial score (nSPS) is 6.60. The Morgan fingerprint density at radius 2 is 1.30 bits per heavy atom. The van der Waals surface area contributed by atoms with Crippen LogP contribution in [0.5, 0.6) is 0 Å². The van der Waals surface area contributed by atoms with Gasteiger partial charge < -0.3 is 0 Å². The molecule has 0 radical (unpaired) electrons. The maximum atomic E-state index is 8.82. The third kappa shape index (κ3) is 221. The first-order valence-electron chi connectivity index (χ1n) is 1.15. The topological polar surface area (TPSA) is 98.4 Å². The summed E-state index contributed by atoms with van der Waals surface area (Å²) in [6.07, 6.45) is 0. The van der Waals surface area contributed by atoms with Gasteiger partial charge in [-0.2, -0.15) is 5.26 Å². The van der Waals surface area contributed by atoms with E-state index in [1.54, 1.807) is 0 Å². The molecule has 0 bridgehead atoms. The Labute approximate surface area is 110 Å². The van der Waals surface area contributed by atoms with E-state index in [4.69, 9.17) is 21.3 Å². The zero-order valence-electron chi connectivity index (χ0n) is 3.51. The molecule has 2 N–H and O–H groups in total. The van der Waals surface area contributed by atoms with E-state index in [-0.39, 0.29) is 59.1 Å². The Bertz CT molecular complexity index is 164. The van der Waals surface area contributed by atoms with Gasteiger partial charge in [-0.25, -0.2) is 0 Å². The summed E-state index contributed by atoms with van der Waals surface area (Å²) in [5, 5.41) is 8.63. The van der Waals surface area contributed by atoms with Gasteiger partial charge in [0.2, 0.25) is 0 Å². The first-order chi connectivity index (χ1) is 3.41. The van der Waals surface area contributed by atoms with Crippen LogP contribution >= 0.6 is 12.6 Å². The molecule has 0 heterocycles. The van der Waals surface area contributed by atoms with Gasteiger partial charge in [0.05, 0.1) is 0 Å².